The Morgan fingerprint density at radius 2 is 1.79 bits per heavy atom. The molecule has 0 aliphatic carbocycles. The van der Waals surface area contributed by atoms with E-state index in [9.17, 15) is 0 Å². The molecule has 1 aromatic heterocycles. The first kappa shape index (κ1) is 22.0. The van der Waals surface area contributed by atoms with Crippen molar-refractivity contribution in [2.24, 2.45) is 4.99 Å². The van der Waals surface area contributed by atoms with E-state index in [2.05, 4.69) is 83.7 Å². The molecule has 1 atom stereocenters. The zero-order valence-electron chi connectivity index (χ0n) is 18.0. The highest BCUT2D eigenvalue weighted by atomic mass is 16.5. The molecular formula is C22H35N5O. The third-order valence-electron chi connectivity index (χ3n) is 5.16. The molecule has 2 N–H and O–H groups in total. The number of hydrogen-bond acceptors (Lipinski definition) is 4. The third kappa shape index (κ3) is 5.58. The standard InChI is InChI=1S/C22H35N5O/c1-6-19-18(21(7-2)28-26-19)15-24-22(23-5)25-16-20(27(8-3)9-4)17-13-11-10-12-14-17/h10-14,20H,6-9,15-16H2,1-5H3,(H2,23,24,25). The van der Waals surface area contributed by atoms with Crippen LogP contribution in [0.25, 0.3) is 0 Å². The van der Waals surface area contributed by atoms with Crippen molar-refractivity contribution in [2.75, 3.05) is 26.7 Å². The van der Waals surface area contributed by atoms with Gasteiger partial charge in [0.15, 0.2) is 5.96 Å². The lowest BCUT2D eigenvalue weighted by atomic mass is 10.1. The van der Waals surface area contributed by atoms with Gasteiger partial charge in [0, 0.05) is 32.1 Å². The van der Waals surface area contributed by atoms with Crippen molar-refractivity contribution in [3.63, 3.8) is 0 Å². The summed E-state index contributed by atoms with van der Waals surface area (Å²) in [6.45, 7) is 12.1. The number of nitrogens with zero attached hydrogens (tertiary/aromatic N) is 3. The first-order valence-corrected chi connectivity index (χ1v) is 10.4. The molecule has 6 heteroatoms. The molecule has 2 aromatic rings. The monoisotopic (exact) mass is 385 g/mol. The first-order valence-electron chi connectivity index (χ1n) is 10.4. The van der Waals surface area contributed by atoms with Crippen LogP contribution in [0.5, 0.6) is 0 Å². The highest BCUT2D eigenvalue weighted by Gasteiger charge is 2.19. The van der Waals surface area contributed by atoms with E-state index in [0.717, 1.165) is 55.5 Å². The molecule has 0 amide bonds. The molecule has 0 radical (unpaired) electrons. The Labute approximate surface area is 169 Å². The predicted octanol–water partition coefficient (Wildman–Crippen LogP) is 3.55. The minimum Gasteiger partial charge on any atom is -0.361 e. The largest absolute Gasteiger partial charge is 0.361 e. The smallest absolute Gasteiger partial charge is 0.191 e. The van der Waals surface area contributed by atoms with Crippen molar-refractivity contribution in [3.8, 4) is 0 Å². The molecule has 0 saturated heterocycles. The average Bonchev–Trinajstić information content (AvgIpc) is 3.15. The summed E-state index contributed by atoms with van der Waals surface area (Å²) in [5, 5.41) is 11.1. The van der Waals surface area contributed by atoms with Crippen molar-refractivity contribution < 1.29 is 4.52 Å². The van der Waals surface area contributed by atoms with Gasteiger partial charge < -0.3 is 15.2 Å². The number of nitrogens with one attached hydrogen (secondary N) is 2. The summed E-state index contributed by atoms with van der Waals surface area (Å²) >= 11 is 0. The van der Waals surface area contributed by atoms with Crippen LogP contribution in [0, 0.1) is 0 Å². The minimum atomic E-state index is 0.294. The van der Waals surface area contributed by atoms with Gasteiger partial charge in [-0.2, -0.15) is 0 Å². The number of aromatic nitrogens is 1. The Balaban J connectivity index is 2.04. The van der Waals surface area contributed by atoms with Crippen LogP contribution in [0.15, 0.2) is 39.8 Å². The third-order valence-corrected chi connectivity index (χ3v) is 5.16. The molecule has 0 fully saturated rings. The maximum absolute atomic E-state index is 5.46. The molecule has 0 saturated carbocycles. The number of hydrogen-bond donors (Lipinski definition) is 2. The summed E-state index contributed by atoms with van der Waals surface area (Å²) in [5.74, 6) is 1.74. The number of benzene rings is 1. The predicted molar refractivity (Wildman–Crippen MR) is 116 cm³/mol. The van der Waals surface area contributed by atoms with E-state index in [1.54, 1.807) is 7.05 Å². The summed E-state index contributed by atoms with van der Waals surface area (Å²) in [4.78, 5) is 6.86. The fourth-order valence-corrected chi connectivity index (χ4v) is 3.52. The van der Waals surface area contributed by atoms with E-state index in [1.807, 2.05) is 0 Å². The molecule has 154 valence electrons. The lowest BCUT2D eigenvalue weighted by Gasteiger charge is -2.30. The van der Waals surface area contributed by atoms with Gasteiger partial charge in [0.25, 0.3) is 0 Å². The second kappa shape index (κ2) is 11.5. The lowest BCUT2D eigenvalue weighted by Crippen LogP contribution is -2.43. The van der Waals surface area contributed by atoms with Gasteiger partial charge in [0.2, 0.25) is 0 Å². The van der Waals surface area contributed by atoms with Gasteiger partial charge in [-0.25, -0.2) is 0 Å². The highest BCUT2D eigenvalue weighted by molar-refractivity contribution is 5.79. The number of guanidine groups is 1. The summed E-state index contributed by atoms with van der Waals surface area (Å²) in [6, 6.07) is 10.9. The normalized spacial score (nSPS) is 13.0. The quantitative estimate of drug-likeness (QED) is 0.484. The van der Waals surface area contributed by atoms with E-state index in [-0.39, 0.29) is 0 Å². The van der Waals surface area contributed by atoms with Crippen molar-refractivity contribution in [1.82, 2.24) is 20.7 Å². The second-order valence-corrected chi connectivity index (χ2v) is 6.69. The average molecular weight is 386 g/mol. The summed E-state index contributed by atoms with van der Waals surface area (Å²) in [6.07, 6.45) is 1.71. The second-order valence-electron chi connectivity index (χ2n) is 6.69. The SMILES string of the molecule is CCc1noc(CC)c1CNC(=NC)NCC(c1ccccc1)N(CC)CC. The molecule has 0 aliphatic heterocycles. The van der Waals surface area contributed by atoms with Crippen molar-refractivity contribution in [1.29, 1.82) is 0 Å². The van der Waals surface area contributed by atoms with E-state index in [0.29, 0.717) is 12.6 Å². The first-order chi connectivity index (χ1) is 13.7. The van der Waals surface area contributed by atoms with Crippen LogP contribution >= 0.6 is 0 Å². The van der Waals surface area contributed by atoms with Crippen LogP contribution in [0.2, 0.25) is 0 Å². The zero-order chi connectivity index (χ0) is 20.4. The van der Waals surface area contributed by atoms with Gasteiger partial charge in [0.05, 0.1) is 11.7 Å². The van der Waals surface area contributed by atoms with Gasteiger partial charge in [-0.3, -0.25) is 9.89 Å². The maximum Gasteiger partial charge on any atom is 0.191 e. The van der Waals surface area contributed by atoms with E-state index in [4.69, 9.17) is 4.52 Å². The Morgan fingerprint density at radius 1 is 1.07 bits per heavy atom. The van der Waals surface area contributed by atoms with Gasteiger partial charge in [-0.1, -0.05) is 63.2 Å². The van der Waals surface area contributed by atoms with Crippen LogP contribution in [0.4, 0.5) is 0 Å². The van der Waals surface area contributed by atoms with E-state index in [1.165, 1.54) is 5.56 Å². The highest BCUT2D eigenvalue weighted by Crippen LogP contribution is 2.19. The minimum absolute atomic E-state index is 0.294. The molecule has 28 heavy (non-hydrogen) atoms. The number of aliphatic imine (C=N–C) groups is 1. The fourth-order valence-electron chi connectivity index (χ4n) is 3.52. The van der Waals surface area contributed by atoms with E-state index < -0.39 is 0 Å². The van der Waals surface area contributed by atoms with Crippen molar-refractivity contribution in [3.05, 3.63) is 52.9 Å². The Morgan fingerprint density at radius 3 is 2.36 bits per heavy atom. The van der Waals surface area contributed by atoms with Crippen molar-refractivity contribution in [2.45, 2.75) is 53.1 Å². The number of aryl methyl sites for hydroxylation is 2. The lowest BCUT2D eigenvalue weighted by molar-refractivity contribution is 0.219. The maximum atomic E-state index is 5.46. The molecule has 0 spiro atoms. The summed E-state index contributed by atoms with van der Waals surface area (Å²) in [5.41, 5.74) is 3.48. The Hall–Kier alpha value is -2.34. The van der Waals surface area contributed by atoms with Crippen LogP contribution < -0.4 is 10.6 Å². The van der Waals surface area contributed by atoms with Gasteiger partial charge in [0.1, 0.15) is 5.76 Å². The zero-order valence-corrected chi connectivity index (χ0v) is 18.0. The van der Waals surface area contributed by atoms with Crippen LogP contribution in [0.3, 0.4) is 0 Å². The molecule has 6 nitrogen and oxygen atoms in total. The van der Waals surface area contributed by atoms with Crippen LogP contribution in [-0.4, -0.2) is 42.7 Å². The molecule has 1 heterocycles. The fraction of sp³-hybridized carbons (Fsp3) is 0.545. The van der Waals surface area contributed by atoms with Crippen molar-refractivity contribution >= 4 is 5.96 Å². The van der Waals surface area contributed by atoms with Gasteiger partial charge in [-0.05, 0) is 25.1 Å². The van der Waals surface area contributed by atoms with Crippen LogP contribution in [-0.2, 0) is 19.4 Å². The molecule has 0 bridgehead atoms. The van der Waals surface area contributed by atoms with E-state index >= 15 is 0 Å². The number of likely N-dealkylation sites (N-methyl/N-ethyl adjacent to an activating group) is 1. The molecule has 2 rings (SSSR count). The van der Waals surface area contributed by atoms with Gasteiger partial charge >= 0.3 is 0 Å². The number of rotatable bonds is 10. The Kier molecular flexibility index (Phi) is 9.01. The Bertz CT molecular complexity index is 700. The molecule has 0 aliphatic rings. The molecule has 1 unspecified atom stereocenters. The summed E-state index contributed by atoms with van der Waals surface area (Å²) in [7, 11) is 1.80. The topological polar surface area (TPSA) is 65.7 Å². The molecule has 1 aromatic carbocycles. The van der Waals surface area contributed by atoms with Gasteiger partial charge in [-0.15, -0.1) is 0 Å². The summed E-state index contributed by atoms with van der Waals surface area (Å²) < 4.78 is 5.46. The molecular weight excluding hydrogens is 350 g/mol. The van der Waals surface area contributed by atoms with Crippen LogP contribution in [0.1, 0.15) is 56.3 Å².